The number of nitrogens with two attached hydrogens (primary N) is 1. The molecular weight excluding hydrogens is 240 g/mol. The fourth-order valence-corrected chi connectivity index (χ4v) is 2.14. The third-order valence-corrected chi connectivity index (χ3v) is 3.18. The van der Waals surface area contributed by atoms with Gasteiger partial charge in [-0.05, 0) is 43.5 Å². The van der Waals surface area contributed by atoms with Crippen LogP contribution in [0.5, 0.6) is 0 Å². The van der Waals surface area contributed by atoms with Crippen molar-refractivity contribution in [3.63, 3.8) is 0 Å². The normalized spacial score (nSPS) is 22.2. The summed E-state index contributed by atoms with van der Waals surface area (Å²) >= 11 is 0. The Kier molecular flexibility index (Phi) is 4.58. The molecule has 1 aromatic rings. The maximum absolute atomic E-state index is 11.7. The van der Waals surface area contributed by atoms with Gasteiger partial charge in [0.15, 0.2) is 0 Å². The first-order chi connectivity index (χ1) is 9.17. The molecule has 0 aromatic heterocycles. The van der Waals surface area contributed by atoms with Crippen molar-refractivity contribution in [2.75, 3.05) is 12.3 Å². The first-order valence-electron chi connectivity index (χ1n) is 6.63. The minimum Gasteiger partial charge on any atom is -0.399 e. The largest absolute Gasteiger partial charge is 0.399 e. The van der Waals surface area contributed by atoms with Crippen LogP contribution in [-0.4, -0.2) is 24.7 Å². The van der Waals surface area contributed by atoms with Gasteiger partial charge >= 0.3 is 0 Å². The maximum atomic E-state index is 11.7. The molecule has 1 aromatic carbocycles. The number of nitrogen functional groups attached to an aromatic ring is 1. The van der Waals surface area contributed by atoms with Gasteiger partial charge < -0.3 is 15.8 Å². The lowest BCUT2D eigenvalue weighted by Crippen LogP contribution is -2.47. The Balaban J connectivity index is 1.76. The minimum absolute atomic E-state index is 0.0672. The van der Waals surface area contributed by atoms with E-state index < -0.39 is 0 Å². The maximum Gasteiger partial charge on any atom is 0.244 e. The summed E-state index contributed by atoms with van der Waals surface area (Å²) in [6, 6.07) is 7.67. The highest BCUT2D eigenvalue weighted by Gasteiger charge is 2.29. The first-order valence-corrected chi connectivity index (χ1v) is 6.63. The van der Waals surface area contributed by atoms with Gasteiger partial charge in [0, 0.05) is 24.4 Å². The van der Waals surface area contributed by atoms with Crippen LogP contribution in [0, 0.1) is 0 Å². The molecule has 102 valence electrons. The predicted octanol–water partition coefficient (Wildman–Crippen LogP) is 1.97. The second kappa shape index (κ2) is 6.38. The van der Waals surface area contributed by atoms with E-state index >= 15 is 0 Å². The van der Waals surface area contributed by atoms with E-state index in [1.165, 1.54) is 0 Å². The number of benzene rings is 1. The van der Waals surface area contributed by atoms with Crippen molar-refractivity contribution in [1.29, 1.82) is 0 Å². The van der Waals surface area contributed by atoms with Crippen molar-refractivity contribution in [2.24, 2.45) is 0 Å². The molecule has 1 saturated carbocycles. The number of hydrogen-bond acceptors (Lipinski definition) is 3. The van der Waals surface area contributed by atoms with Gasteiger partial charge in [-0.2, -0.15) is 0 Å². The standard InChI is InChI=1S/C15H20N2O2/c1-2-19-14-9-13(10-14)17-15(18)7-6-11-4-3-5-12(16)8-11/h3-8,13-14H,2,9-10,16H2,1H3,(H,17,18)/b7-6+. The minimum atomic E-state index is -0.0672. The highest BCUT2D eigenvalue weighted by atomic mass is 16.5. The average Bonchev–Trinajstić information content (AvgIpc) is 2.34. The number of amides is 1. The molecule has 4 nitrogen and oxygen atoms in total. The number of rotatable bonds is 5. The van der Waals surface area contributed by atoms with Crippen LogP contribution in [0.15, 0.2) is 30.3 Å². The SMILES string of the molecule is CCOC1CC(NC(=O)/C=C/c2cccc(N)c2)C1. The van der Waals surface area contributed by atoms with Gasteiger partial charge in [0.05, 0.1) is 6.10 Å². The van der Waals surface area contributed by atoms with Gasteiger partial charge in [0.2, 0.25) is 5.91 Å². The molecule has 0 bridgehead atoms. The van der Waals surface area contributed by atoms with Gasteiger partial charge in [-0.3, -0.25) is 4.79 Å². The summed E-state index contributed by atoms with van der Waals surface area (Å²) in [4.78, 5) is 11.7. The zero-order valence-electron chi connectivity index (χ0n) is 11.1. The summed E-state index contributed by atoms with van der Waals surface area (Å²) in [5.41, 5.74) is 7.29. The smallest absolute Gasteiger partial charge is 0.244 e. The van der Waals surface area contributed by atoms with Crippen molar-refractivity contribution < 1.29 is 9.53 Å². The molecule has 2 rings (SSSR count). The summed E-state index contributed by atoms with van der Waals surface area (Å²) in [6.07, 6.45) is 5.44. The molecule has 0 atom stereocenters. The van der Waals surface area contributed by atoms with E-state index in [0.717, 1.165) is 25.0 Å². The Hall–Kier alpha value is -1.81. The Morgan fingerprint density at radius 3 is 3.00 bits per heavy atom. The van der Waals surface area contributed by atoms with Crippen LogP contribution in [0.25, 0.3) is 6.08 Å². The molecule has 0 saturated heterocycles. The Bertz CT molecular complexity index is 465. The van der Waals surface area contributed by atoms with E-state index in [9.17, 15) is 4.79 Å². The van der Waals surface area contributed by atoms with Crippen LogP contribution in [-0.2, 0) is 9.53 Å². The van der Waals surface area contributed by atoms with Crippen LogP contribution in [0.2, 0.25) is 0 Å². The van der Waals surface area contributed by atoms with Crippen LogP contribution in [0.3, 0.4) is 0 Å². The van der Waals surface area contributed by atoms with Gasteiger partial charge in [0.1, 0.15) is 0 Å². The molecule has 1 amide bonds. The van der Waals surface area contributed by atoms with Crippen LogP contribution in [0.1, 0.15) is 25.3 Å². The number of carbonyl (C=O) groups is 1. The van der Waals surface area contributed by atoms with Crippen molar-refractivity contribution in [3.8, 4) is 0 Å². The third-order valence-electron chi connectivity index (χ3n) is 3.18. The lowest BCUT2D eigenvalue weighted by molar-refractivity contribution is -0.118. The zero-order valence-corrected chi connectivity index (χ0v) is 11.1. The number of hydrogen-bond donors (Lipinski definition) is 2. The first kappa shape index (κ1) is 13.6. The van der Waals surface area contributed by atoms with E-state index in [-0.39, 0.29) is 11.9 Å². The third kappa shape index (κ3) is 4.10. The molecule has 0 radical (unpaired) electrons. The molecule has 19 heavy (non-hydrogen) atoms. The quantitative estimate of drug-likeness (QED) is 0.628. The summed E-state index contributed by atoms with van der Waals surface area (Å²) < 4.78 is 5.45. The van der Waals surface area contributed by atoms with Crippen molar-refractivity contribution >= 4 is 17.7 Å². The van der Waals surface area contributed by atoms with Gasteiger partial charge in [-0.1, -0.05) is 12.1 Å². The van der Waals surface area contributed by atoms with E-state index in [1.807, 2.05) is 31.2 Å². The molecule has 1 fully saturated rings. The predicted molar refractivity (Wildman–Crippen MR) is 76.5 cm³/mol. The highest BCUT2D eigenvalue weighted by Crippen LogP contribution is 2.23. The van der Waals surface area contributed by atoms with Crippen molar-refractivity contribution in [3.05, 3.63) is 35.9 Å². The highest BCUT2D eigenvalue weighted by molar-refractivity contribution is 5.92. The Morgan fingerprint density at radius 2 is 2.32 bits per heavy atom. The van der Waals surface area contributed by atoms with Gasteiger partial charge in [-0.15, -0.1) is 0 Å². The molecule has 0 spiro atoms. The molecule has 1 aliphatic carbocycles. The van der Waals surface area contributed by atoms with Crippen molar-refractivity contribution in [1.82, 2.24) is 5.32 Å². The summed E-state index contributed by atoms with van der Waals surface area (Å²) in [6.45, 7) is 2.72. The number of nitrogens with one attached hydrogen (secondary N) is 1. The Labute approximate surface area is 113 Å². The molecule has 4 heteroatoms. The number of ether oxygens (including phenoxy) is 1. The second-order valence-electron chi connectivity index (χ2n) is 4.76. The number of carbonyl (C=O) groups excluding carboxylic acids is 1. The van der Waals surface area contributed by atoms with Crippen molar-refractivity contribution in [2.45, 2.75) is 31.9 Å². The summed E-state index contributed by atoms with van der Waals surface area (Å²) in [7, 11) is 0. The zero-order chi connectivity index (χ0) is 13.7. The molecular formula is C15H20N2O2. The second-order valence-corrected chi connectivity index (χ2v) is 4.76. The topological polar surface area (TPSA) is 64.3 Å². The lowest BCUT2D eigenvalue weighted by Gasteiger charge is -2.35. The fourth-order valence-electron chi connectivity index (χ4n) is 2.14. The monoisotopic (exact) mass is 260 g/mol. The Morgan fingerprint density at radius 1 is 1.53 bits per heavy atom. The van der Waals surface area contributed by atoms with E-state index in [4.69, 9.17) is 10.5 Å². The van der Waals surface area contributed by atoms with E-state index in [1.54, 1.807) is 12.2 Å². The van der Waals surface area contributed by atoms with E-state index in [0.29, 0.717) is 11.8 Å². The lowest BCUT2D eigenvalue weighted by atomic mass is 9.89. The molecule has 0 heterocycles. The molecule has 3 N–H and O–H groups in total. The van der Waals surface area contributed by atoms with Gasteiger partial charge in [0.25, 0.3) is 0 Å². The van der Waals surface area contributed by atoms with Crippen LogP contribution >= 0.6 is 0 Å². The summed E-state index contributed by atoms with van der Waals surface area (Å²) in [5, 5.41) is 2.95. The molecule has 0 unspecified atom stereocenters. The molecule has 1 aliphatic rings. The van der Waals surface area contributed by atoms with Crippen LogP contribution < -0.4 is 11.1 Å². The van der Waals surface area contributed by atoms with Gasteiger partial charge in [-0.25, -0.2) is 0 Å². The van der Waals surface area contributed by atoms with Crippen LogP contribution in [0.4, 0.5) is 5.69 Å². The summed E-state index contributed by atoms with van der Waals surface area (Å²) in [5.74, 6) is -0.0672. The molecule has 0 aliphatic heterocycles. The average molecular weight is 260 g/mol. The van der Waals surface area contributed by atoms with E-state index in [2.05, 4.69) is 5.32 Å². The number of anilines is 1. The fraction of sp³-hybridized carbons (Fsp3) is 0.400.